The Morgan fingerprint density at radius 1 is 1.07 bits per heavy atom. The summed E-state index contributed by atoms with van der Waals surface area (Å²) in [6.45, 7) is 11.4. The zero-order valence-corrected chi connectivity index (χ0v) is 18.4. The van der Waals surface area contributed by atoms with Crippen molar-refractivity contribution < 1.29 is 0 Å². The predicted octanol–water partition coefficient (Wildman–Crippen LogP) is 8.31. The molecule has 0 amide bonds. The second kappa shape index (κ2) is 10.6. The first-order valence-corrected chi connectivity index (χ1v) is 10.9. The third-order valence-electron chi connectivity index (χ3n) is 5.17. The van der Waals surface area contributed by atoms with E-state index in [-0.39, 0.29) is 0 Å². The van der Waals surface area contributed by atoms with Crippen molar-refractivity contribution in [2.45, 2.75) is 58.8 Å². The van der Waals surface area contributed by atoms with Gasteiger partial charge in [-0.3, -0.25) is 0 Å². The van der Waals surface area contributed by atoms with E-state index in [0.717, 1.165) is 5.75 Å². The lowest BCUT2D eigenvalue weighted by molar-refractivity contribution is 0.377. The van der Waals surface area contributed by atoms with Crippen LogP contribution in [0.4, 0.5) is 0 Å². The SMILES string of the molecule is CC1=C(/C=C/C(C)=C/C=C/C(C)=C/CSc2ccccc2)C(C)(C)CCC1. The Labute approximate surface area is 170 Å². The molecule has 0 bridgehead atoms. The standard InChI is InChI=1S/C26H34S/c1-21(16-17-25-23(3)13-10-19-26(25,4)5)11-9-12-22(2)18-20-27-24-14-7-6-8-15-24/h6-9,11-12,14-18H,10,13,19-20H2,1-5H3/b12-9+,17-16+,21-11+,22-18+. The van der Waals surface area contributed by atoms with Gasteiger partial charge in [0.2, 0.25) is 0 Å². The zero-order chi connectivity index (χ0) is 19.7. The summed E-state index contributed by atoms with van der Waals surface area (Å²) in [6, 6.07) is 10.6. The van der Waals surface area contributed by atoms with Crippen molar-refractivity contribution in [3.8, 4) is 0 Å². The molecular weight excluding hydrogens is 344 g/mol. The van der Waals surface area contributed by atoms with E-state index in [0.29, 0.717) is 5.41 Å². The van der Waals surface area contributed by atoms with Crippen LogP contribution in [0.15, 0.2) is 94.0 Å². The molecule has 0 spiro atoms. The largest absolute Gasteiger partial charge is 0.122 e. The van der Waals surface area contributed by atoms with Crippen LogP contribution in [0.2, 0.25) is 0 Å². The summed E-state index contributed by atoms with van der Waals surface area (Å²) in [6.07, 6.45) is 17.3. The molecule has 1 aromatic rings. The summed E-state index contributed by atoms with van der Waals surface area (Å²) in [4.78, 5) is 1.32. The molecule has 0 N–H and O–H groups in total. The summed E-state index contributed by atoms with van der Waals surface area (Å²) in [7, 11) is 0. The van der Waals surface area contributed by atoms with Crippen LogP contribution in [-0.4, -0.2) is 5.75 Å². The van der Waals surface area contributed by atoms with Crippen LogP contribution in [0.25, 0.3) is 0 Å². The molecule has 2 rings (SSSR count). The van der Waals surface area contributed by atoms with Crippen LogP contribution in [0.3, 0.4) is 0 Å². The van der Waals surface area contributed by atoms with Crippen molar-refractivity contribution in [2.24, 2.45) is 5.41 Å². The smallest absolute Gasteiger partial charge is 0.0166 e. The van der Waals surface area contributed by atoms with Crippen LogP contribution < -0.4 is 0 Å². The highest BCUT2D eigenvalue weighted by Crippen LogP contribution is 2.40. The number of hydrogen-bond donors (Lipinski definition) is 0. The fraction of sp³-hybridized carbons (Fsp3) is 0.385. The first-order chi connectivity index (χ1) is 12.9. The maximum absolute atomic E-state index is 2.37. The van der Waals surface area contributed by atoms with Crippen molar-refractivity contribution in [1.29, 1.82) is 0 Å². The third-order valence-corrected chi connectivity index (χ3v) is 6.11. The molecule has 1 aromatic carbocycles. The molecule has 0 unspecified atom stereocenters. The first kappa shape index (κ1) is 21.6. The molecule has 1 aliphatic carbocycles. The quantitative estimate of drug-likeness (QED) is 0.339. The van der Waals surface area contributed by atoms with Crippen LogP contribution in [0.1, 0.15) is 53.9 Å². The van der Waals surface area contributed by atoms with E-state index < -0.39 is 0 Å². The van der Waals surface area contributed by atoms with Crippen molar-refractivity contribution in [2.75, 3.05) is 5.75 Å². The van der Waals surface area contributed by atoms with Gasteiger partial charge in [0.15, 0.2) is 0 Å². The summed E-state index contributed by atoms with van der Waals surface area (Å²) >= 11 is 1.87. The number of benzene rings is 1. The van der Waals surface area contributed by atoms with Gasteiger partial charge in [0.1, 0.15) is 0 Å². The number of thioether (sulfide) groups is 1. The fourth-order valence-electron chi connectivity index (χ4n) is 3.49. The second-order valence-electron chi connectivity index (χ2n) is 8.11. The molecule has 1 aliphatic rings. The van der Waals surface area contributed by atoms with E-state index in [1.54, 1.807) is 5.57 Å². The summed E-state index contributed by atoms with van der Waals surface area (Å²) in [5.41, 5.74) is 5.99. The van der Waals surface area contributed by atoms with Crippen LogP contribution in [0, 0.1) is 5.41 Å². The molecule has 0 aliphatic heterocycles. The van der Waals surface area contributed by atoms with Gasteiger partial charge in [-0.1, -0.05) is 85.2 Å². The Balaban J connectivity index is 1.89. The van der Waals surface area contributed by atoms with Gasteiger partial charge in [0.05, 0.1) is 0 Å². The maximum atomic E-state index is 2.37. The average Bonchev–Trinajstić information content (AvgIpc) is 2.61. The van der Waals surface area contributed by atoms with Crippen LogP contribution in [0.5, 0.6) is 0 Å². The van der Waals surface area contributed by atoms with Crippen molar-refractivity contribution >= 4 is 11.8 Å². The van der Waals surface area contributed by atoms with Gasteiger partial charge in [0.25, 0.3) is 0 Å². The lowest BCUT2D eigenvalue weighted by Crippen LogP contribution is -2.19. The topological polar surface area (TPSA) is 0 Å². The second-order valence-corrected chi connectivity index (χ2v) is 9.20. The van der Waals surface area contributed by atoms with Crippen molar-refractivity contribution in [3.05, 3.63) is 89.1 Å². The molecule has 144 valence electrons. The Morgan fingerprint density at radius 3 is 2.52 bits per heavy atom. The molecule has 0 saturated carbocycles. The van der Waals surface area contributed by atoms with Gasteiger partial charge >= 0.3 is 0 Å². The molecule has 0 saturated heterocycles. The molecule has 1 heteroatoms. The maximum Gasteiger partial charge on any atom is 0.0166 e. The molecule has 0 aromatic heterocycles. The van der Waals surface area contributed by atoms with Gasteiger partial charge in [-0.25, -0.2) is 0 Å². The molecule has 0 heterocycles. The molecular formula is C26H34S. The van der Waals surface area contributed by atoms with Crippen LogP contribution >= 0.6 is 11.8 Å². The van der Waals surface area contributed by atoms with E-state index in [9.17, 15) is 0 Å². The fourth-order valence-corrected chi connectivity index (χ4v) is 4.37. The lowest BCUT2D eigenvalue weighted by Gasteiger charge is -2.32. The molecule has 0 nitrogen and oxygen atoms in total. The zero-order valence-electron chi connectivity index (χ0n) is 17.6. The lowest BCUT2D eigenvalue weighted by atomic mass is 9.72. The first-order valence-electron chi connectivity index (χ1n) is 9.96. The van der Waals surface area contributed by atoms with Crippen molar-refractivity contribution in [1.82, 2.24) is 0 Å². The Morgan fingerprint density at radius 2 is 1.81 bits per heavy atom. The third kappa shape index (κ3) is 7.42. The number of hydrogen-bond acceptors (Lipinski definition) is 1. The van der Waals surface area contributed by atoms with Crippen LogP contribution in [-0.2, 0) is 0 Å². The minimum atomic E-state index is 0.310. The minimum Gasteiger partial charge on any atom is -0.122 e. The van der Waals surface area contributed by atoms with E-state index >= 15 is 0 Å². The molecule has 0 radical (unpaired) electrons. The summed E-state index contributed by atoms with van der Waals surface area (Å²) < 4.78 is 0. The summed E-state index contributed by atoms with van der Waals surface area (Å²) in [5.74, 6) is 1.01. The Bertz CT molecular complexity index is 755. The van der Waals surface area contributed by atoms with Gasteiger partial charge in [-0.15, -0.1) is 11.8 Å². The predicted molar refractivity (Wildman–Crippen MR) is 123 cm³/mol. The van der Waals surface area contributed by atoms with E-state index in [4.69, 9.17) is 0 Å². The normalized spacial score (nSPS) is 18.7. The molecule has 0 fully saturated rings. The molecule has 27 heavy (non-hydrogen) atoms. The van der Waals surface area contributed by atoms with Gasteiger partial charge in [-0.05, 0) is 63.2 Å². The average molecular weight is 379 g/mol. The van der Waals surface area contributed by atoms with E-state index in [1.807, 2.05) is 11.8 Å². The highest BCUT2D eigenvalue weighted by molar-refractivity contribution is 7.99. The van der Waals surface area contributed by atoms with Gasteiger partial charge in [0, 0.05) is 10.6 Å². The van der Waals surface area contributed by atoms with E-state index in [1.165, 1.54) is 40.9 Å². The van der Waals surface area contributed by atoms with Gasteiger partial charge < -0.3 is 0 Å². The monoisotopic (exact) mass is 378 g/mol. The highest BCUT2D eigenvalue weighted by Gasteiger charge is 2.26. The number of allylic oxidation sites excluding steroid dienone is 9. The van der Waals surface area contributed by atoms with Crippen molar-refractivity contribution in [3.63, 3.8) is 0 Å². The Hall–Kier alpha value is -1.73. The van der Waals surface area contributed by atoms with E-state index in [2.05, 4.69) is 101 Å². The minimum absolute atomic E-state index is 0.310. The van der Waals surface area contributed by atoms with Gasteiger partial charge in [-0.2, -0.15) is 0 Å². The summed E-state index contributed by atoms with van der Waals surface area (Å²) in [5, 5.41) is 0. The number of rotatable bonds is 7. The molecule has 0 atom stereocenters. The Kier molecular flexibility index (Phi) is 8.44. The highest BCUT2D eigenvalue weighted by atomic mass is 32.2.